The zero-order chi connectivity index (χ0) is 18.9. The number of benzene rings is 2. The van der Waals surface area contributed by atoms with E-state index in [2.05, 4.69) is 38.1 Å². The molecular weight excluding hydrogens is 324 g/mol. The molecule has 0 aromatic heterocycles. The molecule has 0 amide bonds. The minimum absolute atomic E-state index is 0.128. The Balaban J connectivity index is 2.33. The highest BCUT2D eigenvalue weighted by atomic mass is 16.5. The summed E-state index contributed by atoms with van der Waals surface area (Å²) in [5, 5.41) is 2.31. The van der Waals surface area contributed by atoms with Crippen LogP contribution in [0, 0.1) is 6.92 Å². The first-order chi connectivity index (χ1) is 12.6. The summed E-state index contributed by atoms with van der Waals surface area (Å²) in [6, 6.07) is 12.5. The predicted octanol–water partition coefficient (Wildman–Crippen LogP) is 5.78. The molecule has 3 heteroatoms. The third kappa shape index (κ3) is 5.07. The van der Waals surface area contributed by atoms with E-state index in [0.717, 1.165) is 54.0 Å². The zero-order valence-electron chi connectivity index (χ0n) is 16.6. The van der Waals surface area contributed by atoms with Crippen LogP contribution in [0.4, 0.5) is 0 Å². The second kappa shape index (κ2) is 10.3. The van der Waals surface area contributed by atoms with Crippen molar-refractivity contribution in [2.45, 2.75) is 64.9 Å². The fourth-order valence-electron chi connectivity index (χ4n) is 3.65. The summed E-state index contributed by atoms with van der Waals surface area (Å²) >= 11 is 0. The van der Waals surface area contributed by atoms with Crippen molar-refractivity contribution in [2.75, 3.05) is 13.7 Å². The fourth-order valence-corrected chi connectivity index (χ4v) is 3.65. The Labute approximate surface area is 157 Å². The van der Waals surface area contributed by atoms with Crippen molar-refractivity contribution >= 4 is 16.7 Å². The van der Waals surface area contributed by atoms with Crippen LogP contribution in [-0.4, -0.2) is 25.8 Å². The molecule has 2 rings (SSSR count). The molecule has 3 nitrogen and oxygen atoms in total. The molecule has 0 bridgehead atoms. The van der Waals surface area contributed by atoms with E-state index in [1.807, 2.05) is 19.1 Å². The highest BCUT2D eigenvalue weighted by Gasteiger charge is 2.26. The summed E-state index contributed by atoms with van der Waals surface area (Å²) in [6.07, 6.45) is 5.15. The van der Waals surface area contributed by atoms with Gasteiger partial charge in [0.25, 0.3) is 0 Å². The topological polar surface area (TPSA) is 35.5 Å². The van der Waals surface area contributed by atoms with Crippen LogP contribution in [0.5, 0.6) is 0 Å². The minimum atomic E-state index is -0.250. The number of rotatable bonds is 10. The summed E-state index contributed by atoms with van der Waals surface area (Å²) in [5.41, 5.74) is 2.25. The Bertz CT molecular complexity index is 708. The van der Waals surface area contributed by atoms with E-state index in [0.29, 0.717) is 6.61 Å². The molecular formula is C23H32O3. The molecule has 0 aliphatic carbocycles. The minimum Gasteiger partial charge on any atom is -0.466 e. The maximum absolute atomic E-state index is 12.8. The van der Waals surface area contributed by atoms with Crippen LogP contribution in [0.2, 0.25) is 0 Å². The normalized spacial score (nSPS) is 13.5. The second-order valence-electron chi connectivity index (χ2n) is 6.90. The van der Waals surface area contributed by atoms with Gasteiger partial charge in [0.05, 0.1) is 18.6 Å². The van der Waals surface area contributed by atoms with Gasteiger partial charge in [0, 0.05) is 7.11 Å². The van der Waals surface area contributed by atoms with Crippen LogP contribution >= 0.6 is 0 Å². The van der Waals surface area contributed by atoms with Crippen LogP contribution in [-0.2, 0) is 14.3 Å². The van der Waals surface area contributed by atoms with E-state index in [1.165, 1.54) is 0 Å². The smallest absolute Gasteiger partial charge is 0.313 e. The highest BCUT2D eigenvalue weighted by Crippen LogP contribution is 2.33. The fraction of sp³-hybridized carbons (Fsp3) is 0.522. The standard InChI is InChI=1S/C23H32O3/c1-5-7-11-19(25-4)15-16-21(23(24)26-6-2)22-17(3)13-14-18-10-8-9-12-20(18)22/h8-10,12-14,19,21H,5-7,11,15-16H2,1-4H3. The van der Waals surface area contributed by atoms with Crippen LogP contribution < -0.4 is 0 Å². The van der Waals surface area contributed by atoms with Gasteiger partial charge in [0.1, 0.15) is 0 Å². The second-order valence-corrected chi connectivity index (χ2v) is 6.90. The molecule has 2 aromatic rings. The number of ether oxygens (including phenoxy) is 2. The van der Waals surface area contributed by atoms with Crippen LogP contribution in [0.3, 0.4) is 0 Å². The van der Waals surface area contributed by atoms with Gasteiger partial charge in [0.15, 0.2) is 0 Å². The summed E-state index contributed by atoms with van der Waals surface area (Å²) in [4.78, 5) is 12.8. The summed E-state index contributed by atoms with van der Waals surface area (Å²) in [5.74, 6) is -0.377. The Hall–Kier alpha value is -1.87. The molecule has 0 saturated carbocycles. The number of methoxy groups -OCH3 is 1. The molecule has 0 aliphatic rings. The van der Waals surface area contributed by atoms with Crippen molar-refractivity contribution in [3.05, 3.63) is 47.5 Å². The lowest BCUT2D eigenvalue weighted by Gasteiger charge is -2.22. The van der Waals surface area contributed by atoms with Gasteiger partial charge in [-0.3, -0.25) is 4.79 Å². The number of aryl methyl sites for hydroxylation is 1. The molecule has 0 radical (unpaired) electrons. The average molecular weight is 357 g/mol. The third-order valence-electron chi connectivity index (χ3n) is 5.10. The van der Waals surface area contributed by atoms with Gasteiger partial charge in [-0.15, -0.1) is 0 Å². The SMILES string of the molecule is CCCCC(CCC(C(=O)OCC)c1c(C)ccc2ccccc12)OC. The monoisotopic (exact) mass is 356 g/mol. The lowest BCUT2D eigenvalue weighted by molar-refractivity contribution is -0.145. The van der Waals surface area contributed by atoms with Gasteiger partial charge in [-0.25, -0.2) is 0 Å². The Morgan fingerprint density at radius 2 is 1.81 bits per heavy atom. The molecule has 2 unspecified atom stereocenters. The van der Waals surface area contributed by atoms with Crippen molar-refractivity contribution in [3.8, 4) is 0 Å². The lowest BCUT2D eigenvalue weighted by Crippen LogP contribution is -2.20. The largest absolute Gasteiger partial charge is 0.466 e. The zero-order valence-corrected chi connectivity index (χ0v) is 16.6. The van der Waals surface area contributed by atoms with Crippen molar-refractivity contribution in [2.24, 2.45) is 0 Å². The molecule has 0 heterocycles. The molecule has 0 aliphatic heterocycles. The molecule has 0 fully saturated rings. The number of esters is 1. The first kappa shape index (κ1) is 20.4. The van der Waals surface area contributed by atoms with Gasteiger partial charge >= 0.3 is 5.97 Å². The summed E-state index contributed by atoms with van der Waals surface area (Å²) < 4.78 is 11.1. The maximum atomic E-state index is 12.8. The van der Waals surface area contributed by atoms with E-state index in [1.54, 1.807) is 7.11 Å². The average Bonchev–Trinajstić information content (AvgIpc) is 2.66. The maximum Gasteiger partial charge on any atom is 0.313 e. The van der Waals surface area contributed by atoms with Gasteiger partial charge in [-0.1, -0.05) is 56.2 Å². The van der Waals surface area contributed by atoms with E-state index < -0.39 is 0 Å². The molecule has 0 N–H and O–H groups in total. The molecule has 0 saturated heterocycles. The van der Waals surface area contributed by atoms with Crippen LogP contribution in [0.25, 0.3) is 10.8 Å². The molecule has 2 aromatic carbocycles. The number of carbonyl (C=O) groups excluding carboxylic acids is 1. The Morgan fingerprint density at radius 3 is 2.50 bits per heavy atom. The van der Waals surface area contributed by atoms with E-state index in [4.69, 9.17) is 9.47 Å². The molecule has 26 heavy (non-hydrogen) atoms. The van der Waals surface area contributed by atoms with Gasteiger partial charge in [-0.05, 0) is 55.0 Å². The number of carbonyl (C=O) groups is 1. The number of hydrogen-bond donors (Lipinski definition) is 0. The van der Waals surface area contributed by atoms with E-state index in [-0.39, 0.29) is 18.0 Å². The number of fused-ring (bicyclic) bond motifs is 1. The number of unbranched alkanes of at least 4 members (excludes halogenated alkanes) is 1. The molecule has 0 spiro atoms. The van der Waals surface area contributed by atoms with Crippen LogP contribution in [0.1, 0.15) is 63.0 Å². The van der Waals surface area contributed by atoms with Gasteiger partial charge in [0.2, 0.25) is 0 Å². The van der Waals surface area contributed by atoms with Crippen molar-refractivity contribution in [3.63, 3.8) is 0 Å². The first-order valence-corrected chi connectivity index (χ1v) is 9.80. The highest BCUT2D eigenvalue weighted by molar-refractivity contribution is 5.92. The predicted molar refractivity (Wildman–Crippen MR) is 108 cm³/mol. The lowest BCUT2D eigenvalue weighted by atomic mass is 9.85. The summed E-state index contributed by atoms with van der Waals surface area (Å²) in [6.45, 7) is 6.54. The molecule has 2 atom stereocenters. The third-order valence-corrected chi connectivity index (χ3v) is 5.10. The van der Waals surface area contributed by atoms with Crippen LogP contribution in [0.15, 0.2) is 36.4 Å². The summed E-state index contributed by atoms with van der Waals surface area (Å²) in [7, 11) is 1.77. The number of hydrogen-bond acceptors (Lipinski definition) is 3. The van der Waals surface area contributed by atoms with Crippen molar-refractivity contribution in [1.29, 1.82) is 0 Å². The Morgan fingerprint density at radius 1 is 1.04 bits per heavy atom. The van der Waals surface area contributed by atoms with E-state index >= 15 is 0 Å². The van der Waals surface area contributed by atoms with Crippen molar-refractivity contribution in [1.82, 2.24) is 0 Å². The van der Waals surface area contributed by atoms with E-state index in [9.17, 15) is 4.79 Å². The Kier molecular flexibility index (Phi) is 8.11. The first-order valence-electron chi connectivity index (χ1n) is 9.80. The van der Waals surface area contributed by atoms with Gasteiger partial charge in [-0.2, -0.15) is 0 Å². The van der Waals surface area contributed by atoms with Gasteiger partial charge < -0.3 is 9.47 Å². The molecule has 142 valence electrons. The quantitative estimate of drug-likeness (QED) is 0.506. The van der Waals surface area contributed by atoms with Crippen molar-refractivity contribution < 1.29 is 14.3 Å².